The minimum atomic E-state index is -1.09. The van der Waals surface area contributed by atoms with Crippen LogP contribution in [-0.2, 0) is 0 Å². The fourth-order valence-corrected chi connectivity index (χ4v) is 2.32. The molecule has 0 aliphatic carbocycles. The molecular weight excluding hydrogens is 264 g/mol. The number of rotatable bonds is 2. The Hall–Kier alpha value is -2.26. The fourth-order valence-electron chi connectivity index (χ4n) is 2.10. The molecule has 0 aliphatic rings. The summed E-state index contributed by atoms with van der Waals surface area (Å²) in [5.41, 5.74) is 0.688. The van der Waals surface area contributed by atoms with Crippen molar-refractivity contribution in [3.63, 3.8) is 0 Å². The molecule has 0 aliphatic heterocycles. The summed E-state index contributed by atoms with van der Waals surface area (Å²) in [6, 6.07) is 14.4. The van der Waals surface area contributed by atoms with Crippen molar-refractivity contribution in [3.05, 3.63) is 59.3 Å². The topological polar surface area (TPSA) is 50.4 Å². The van der Waals surface area contributed by atoms with E-state index < -0.39 is 5.97 Å². The molecule has 0 unspecified atom stereocenters. The van der Waals surface area contributed by atoms with Gasteiger partial charge in [0, 0.05) is 16.3 Å². The lowest BCUT2D eigenvalue weighted by Gasteiger charge is -2.00. The van der Waals surface area contributed by atoms with E-state index in [9.17, 15) is 9.90 Å². The van der Waals surface area contributed by atoms with Crippen LogP contribution in [0.5, 0.6) is 0 Å². The Morgan fingerprint density at radius 1 is 1.00 bits per heavy atom. The average Bonchev–Trinajstić information content (AvgIpc) is 2.79. The van der Waals surface area contributed by atoms with Gasteiger partial charge < -0.3 is 9.52 Å². The van der Waals surface area contributed by atoms with Crippen molar-refractivity contribution in [2.75, 3.05) is 0 Å². The van der Waals surface area contributed by atoms with E-state index in [4.69, 9.17) is 16.0 Å². The van der Waals surface area contributed by atoms with Gasteiger partial charge in [0.2, 0.25) is 5.76 Å². The number of halogens is 1. The van der Waals surface area contributed by atoms with Crippen LogP contribution in [0.1, 0.15) is 10.6 Å². The van der Waals surface area contributed by atoms with Gasteiger partial charge in [-0.1, -0.05) is 48.0 Å². The van der Waals surface area contributed by atoms with Crippen LogP contribution >= 0.6 is 11.6 Å². The maximum atomic E-state index is 11.2. The first-order chi connectivity index (χ1) is 9.18. The summed E-state index contributed by atoms with van der Waals surface area (Å²) in [5.74, 6) is -0.668. The quantitative estimate of drug-likeness (QED) is 0.750. The molecule has 0 saturated carbocycles. The van der Waals surface area contributed by atoms with Gasteiger partial charge in [0.15, 0.2) is 0 Å². The number of aromatic carboxylic acids is 1. The van der Waals surface area contributed by atoms with Crippen LogP contribution in [0.2, 0.25) is 5.02 Å². The maximum absolute atomic E-state index is 11.2. The van der Waals surface area contributed by atoms with Gasteiger partial charge in [-0.3, -0.25) is 0 Å². The monoisotopic (exact) mass is 272 g/mol. The predicted molar refractivity (Wildman–Crippen MR) is 73.6 cm³/mol. The van der Waals surface area contributed by atoms with Gasteiger partial charge in [-0.25, -0.2) is 4.79 Å². The third-order valence-corrected chi connectivity index (χ3v) is 3.26. The number of hydrogen-bond donors (Lipinski definition) is 1. The fraction of sp³-hybridized carbons (Fsp3) is 0. The molecule has 0 amide bonds. The molecular formula is C15H9ClO3. The second-order valence-electron chi connectivity index (χ2n) is 4.09. The van der Waals surface area contributed by atoms with E-state index in [0.29, 0.717) is 21.7 Å². The van der Waals surface area contributed by atoms with Gasteiger partial charge >= 0.3 is 5.97 Å². The standard InChI is InChI=1S/C15H9ClO3/c16-12-8-4-3-7-11(12)13-9-5-1-2-6-10(9)14(19-13)15(17)18/h1-8H,(H,17,18). The van der Waals surface area contributed by atoms with Crippen molar-refractivity contribution < 1.29 is 14.3 Å². The van der Waals surface area contributed by atoms with Crippen LogP contribution in [0.3, 0.4) is 0 Å². The number of hydrogen-bond acceptors (Lipinski definition) is 2. The number of fused-ring (bicyclic) bond motifs is 1. The molecule has 0 atom stereocenters. The third kappa shape index (κ3) is 1.88. The number of furan rings is 1. The Balaban J connectivity index is 2.37. The van der Waals surface area contributed by atoms with E-state index in [1.807, 2.05) is 24.3 Å². The normalized spacial score (nSPS) is 10.8. The predicted octanol–water partition coefficient (Wildman–Crippen LogP) is 4.45. The summed E-state index contributed by atoms with van der Waals surface area (Å²) in [4.78, 5) is 11.2. The molecule has 1 aromatic heterocycles. The lowest BCUT2D eigenvalue weighted by atomic mass is 10.1. The van der Waals surface area contributed by atoms with Crippen LogP contribution in [0.15, 0.2) is 52.9 Å². The molecule has 0 bridgehead atoms. The molecule has 94 valence electrons. The molecule has 3 aromatic rings. The lowest BCUT2D eigenvalue weighted by Crippen LogP contribution is -1.93. The highest BCUT2D eigenvalue weighted by molar-refractivity contribution is 6.33. The van der Waals surface area contributed by atoms with Crippen LogP contribution in [0, 0.1) is 0 Å². The first kappa shape index (κ1) is 11.8. The summed E-state index contributed by atoms with van der Waals surface area (Å²) in [6.07, 6.45) is 0. The third-order valence-electron chi connectivity index (χ3n) is 2.93. The first-order valence-electron chi connectivity index (χ1n) is 5.68. The van der Waals surface area contributed by atoms with Crippen molar-refractivity contribution in [1.82, 2.24) is 0 Å². The number of benzene rings is 2. The molecule has 0 spiro atoms. The molecule has 3 rings (SSSR count). The van der Waals surface area contributed by atoms with E-state index >= 15 is 0 Å². The van der Waals surface area contributed by atoms with Gasteiger partial charge in [-0.15, -0.1) is 0 Å². The number of carboxylic acid groups (broad SMARTS) is 1. The maximum Gasteiger partial charge on any atom is 0.372 e. The zero-order chi connectivity index (χ0) is 13.4. The molecule has 0 fully saturated rings. The molecule has 4 heteroatoms. The molecule has 0 radical (unpaired) electrons. The Bertz CT molecular complexity index is 774. The molecule has 19 heavy (non-hydrogen) atoms. The highest BCUT2D eigenvalue weighted by Crippen LogP contribution is 2.37. The van der Waals surface area contributed by atoms with E-state index in [1.165, 1.54) is 0 Å². The minimum absolute atomic E-state index is 0.0643. The summed E-state index contributed by atoms with van der Waals surface area (Å²) in [7, 11) is 0. The molecule has 0 saturated heterocycles. The van der Waals surface area contributed by atoms with Crippen molar-refractivity contribution in [3.8, 4) is 11.3 Å². The van der Waals surface area contributed by atoms with Gasteiger partial charge in [0.05, 0.1) is 5.02 Å². The molecule has 1 heterocycles. The smallest absolute Gasteiger partial charge is 0.372 e. The van der Waals surface area contributed by atoms with Crippen LogP contribution in [0.4, 0.5) is 0 Å². The summed E-state index contributed by atoms with van der Waals surface area (Å²) >= 11 is 6.14. The summed E-state index contributed by atoms with van der Waals surface area (Å²) in [6.45, 7) is 0. The molecule has 3 nitrogen and oxygen atoms in total. The van der Waals surface area contributed by atoms with Crippen molar-refractivity contribution in [2.24, 2.45) is 0 Å². The Labute approximate surface area is 114 Å². The highest BCUT2D eigenvalue weighted by atomic mass is 35.5. The van der Waals surface area contributed by atoms with Gasteiger partial charge in [-0.2, -0.15) is 0 Å². The Kier molecular flexibility index (Phi) is 2.76. The molecule has 2 aromatic carbocycles. The van der Waals surface area contributed by atoms with Crippen molar-refractivity contribution in [2.45, 2.75) is 0 Å². The summed E-state index contributed by atoms with van der Waals surface area (Å²) in [5, 5.41) is 11.0. The zero-order valence-electron chi connectivity index (χ0n) is 9.76. The minimum Gasteiger partial charge on any atom is -0.475 e. The van der Waals surface area contributed by atoms with Crippen molar-refractivity contribution >= 4 is 28.3 Å². The van der Waals surface area contributed by atoms with E-state index in [-0.39, 0.29) is 5.76 Å². The first-order valence-corrected chi connectivity index (χ1v) is 6.06. The van der Waals surface area contributed by atoms with Crippen LogP contribution in [0.25, 0.3) is 22.1 Å². The van der Waals surface area contributed by atoms with Gasteiger partial charge in [0.1, 0.15) is 5.76 Å². The highest BCUT2D eigenvalue weighted by Gasteiger charge is 2.20. The summed E-state index contributed by atoms with van der Waals surface area (Å²) < 4.78 is 5.51. The Morgan fingerprint density at radius 3 is 2.32 bits per heavy atom. The zero-order valence-corrected chi connectivity index (χ0v) is 10.5. The van der Waals surface area contributed by atoms with E-state index in [1.54, 1.807) is 24.3 Å². The van der Waals surface area contributed by atoms with E-state index in [0.717, 1.165) is 5.39 Å². The van der Waals surface area contributed by atoms with E-state index in [2.05, 4.69) is 0 Å². The van der Waals surface area contributed by atoms with Crippen molar-refractivity contribution in [1.29, 1.82) is 0 Å². The largest absolute Gasteiger partial charge is 0.475 e. The number of carboxylic acids is 1. The van der Waals surface area contributed by atoms with Crippen LogP contribution < -0.4 is 0 Å². The number of carbonyl (C=O) groups is 1. The van der Waals surface area contributed by atoms with Crippen LogP contribution in [-0.4, -0.2) is 11.1 Å². The second kappa shape index (κ2) is 4.44. The average molecular weight is 273 g/mol. The van der Waals surface area contributed by atoms with Gasteiger partial charge in [0.25, 0.3) is 0 Å². The molecule has 1 N–H and O–H groups in total. The lowest BCUT2D eigenvalue weighted by molar-refractivity contribution is 0.0666. The SMILES string of the molecule is O=C(O)c1oc(-c2ccccc2Cl)c2ccccc12. The Morgan fingerprint density at radius 2 is 1.63 bits per heavy atom. The van der Waals surface area contributed by atoms with Gasteiger partial charge in [-0.05, 0) is 12.1 Å². The second-order valence-corrected chi connectivity index (χ2v) is 4.50.